The molecule has 0 radical (unpaired) electrons. The van der Waals surface area contributed by atoms with E-state index in [0.717, 1.165) is 6.54 Å². The molecule has 1 heterocycles. The van der Waals surface area contributed by atoms with Crippen molar-refractivity contribution in [1.82, 2.24) is 10.2 Å². The van der Waals surface area contributed by atoms with Gasteiger partial charge < -0.3 is 5.32 Å². The van der Waals surface area contributed by atoms with Gasteiger partial charge in [0.1, 0.15) is 0 Å². The molecule has 2 nitrogen and oxygen atoms in total. The van der Waals surface area contributed by atoms with Crippen LogP contribution >= 0.6 is 0 Å². The molecule has 2 aromatic rings. The standard InChI is InChI=1S/C19H24N2/c1-20-15-18-13-8-14-21(18)19(16-9-4-2-5-10-16)17-11-6-3-7-12-17/h2-7,9-12,18-20H,8,13-15H2,1H3. The largest absolute Gasteiger partial charge is 0.318 e. The summed E-state index contributed by atoms with van der Waals surface area (Å²) in [6.07, 6.45) is 2.58. The molecule has 2 aromatic carbocycles. The highest BCUT2D eigenvalue weighted by atomic mass is 15.2. The van der Waals surface area contributed by atoms with Gasteiger partial charge >= 0.3 is 0 Å². The first-order valence-corrected chi connectivity index (χ1v) is 7.90. The summed E-state index contributed by atoms with van der Waals surface area (Å²) in [5, 5.41) is 3.36. The molecular weight excluding hydrogens is 256 g/mol. The minimum Gasteiger partial charge on any atom is -0.318 e. The van der Waals surface area contributed by atoms with Crippen molar-refractivity contribution in [3.8, 4) is 0 Å². The molecule has 3 rings (SSSR count). The summed E-state index contributed by atoms with van der Waals surface area (Å²) in [5.41, 5.74) is 2.79. The van der Waals surface area contributed by atoms with Crippen molar-refractivity contribution in [1.29, 1.82) is 0 Å². The van der Waals surface area contributed by atoms with Crippen LogP contribution in [0.4, 0.5) is 0 Å². The second-order valence-electron chi connectivity index (χ2n) is 5.82. The quantitative estimate of drug-likeness (QED) is 0.902. The number of hydrogen-bond donors (Lipinski definition) is 1. The normalized spacial score (nSPS) is 19.2. The maximum Gasteiger partial charge on any atom is 0.0604 e. The third-order valence-electron chi connectivity index (χ3n) is 4.42. The zero-order chi connectivity index (χ0) is 14.5. The van der Waals surface area contributed by atoms with Gasteiger partial charge in [0, 0.05) is 12.6 Å². The monoisotopic (exact) mass is 280 g/mol. The molecule has 2 heteroatoms. The second kappa shape index (κ2) is 6.88. The maximum absolute atomic E-state index is 3.36. The molecule has 1 fully saturated rings. The van der Waals surface area contributed by atoms with Crippen LogP contribution in [-0.4, -0.2) is 31.1 Å². The van der Waals surface area contributed by atoms with Crippen molar-refractivity contribution in [2.45, 2.75) is 24.9 Å². The van der Waals surface area contributed by atoms with E-state index in [1.165, 1.54) is 30.5 Å². The lowest BCUT2D eigenvalue weighted by molar-refractivity contribution is 0.205. The molecule has 0 amide bonds. The average Bonchev–Trinajstić information content (AvgIpc) is 2.98. The van der Waals surface area contributed by atoms with Gasteiger partial charge in [-0.1, -0.05) is 60.7 Å². The van der Waals surface area contributed by atoms with Crippen molar-refractivity contribution in [3.05, 3.63) is 71.8 Å². The lowest BCUT2D eigenvalue weighted by Gasteiger charge is -2.34. The number of likely N-dealkylation sites (N-methyl/N-ethyl adjacent to an activating group) is 1. The van der Waals surface area contributed by atoms with Crippen LogP contribution in [0.1, 0.15) is 30.0 Å². The van der Waals surface area contributed by atoms with Crippen LogP contribution in [0.15, 0.2) is 60.7 Å². The lowest BCUT2D eigenvalue weighted by Crippen LogP contribution is -2.39. The molecule has 1 aliphatic heterocycles. The Morgan fingerprint density at radius 3 is 2.10 bits per heavy atom. The number of hydrogen-bond acceptors (Lipinski definition) is 2. The highest BCUT2D eigenvalue weighted by molar-refractivity contribution is 5.32. The third-order valence-corrected chi connectivity index (χ3v) is 4.42. The Bertz CT molecular complexity index is 499. The van der Waals surface area contributed by atoms with Crippen molar-refractivity contribution < 1.29 is 0 Å². The highest BCUT2D eigenvalue weighted by Gasteiger charge is 2.31. The summed E-state index contributed by atoms with van der Waals surface area (Å²) >= 11 is 0. The van der Waals surface area contributed by atoms with Gasteiger partial charge in [-0.25, -0.2) is 0 Å². The van der Waals surface area contributed by atoms with Crippen molar-refractivity contribution >= 4 is 0 Å². The third kappa shape index (κ3) is 3.17. The molecule has 0 saturated carbocycles. The fourth-order valence-corrected chi connectivity index (χ4v) is 3.50. The fraction of sp³-hybridized carbons (Fsp3) is 0.368. The van der Waals surface area contributed by atoms with Gasteiger partial charge in [0.05, 0.1) is 6.04 Å². The summed E-state index contributed by atoms with van der Waals surface area (Å²) < 4.78 is 0. The van der Waals surface area contributed by atoms with Crippen LogP contribution in [0.25, 0.3) is 0 Å². The Hall–Kier alpha value is -1.64. The number of nitrogens with zero attached hydrogens (tertiary/aromatic N) is 1. The molecule has 0 bridgehead atoms. The molecule has 1 unspecified atom stereocenters. The van der Waals surface area contributed by atoms with Gasteiger partial charge in [0.15, 0.2) is 0 Å². The van der Waals surface area contributed by atoms with E-state index in [2.05, 4.69) is 77.9 Å². The average molecular weight is 280 g/mol. The smallest absolute Gasteiger partial charge is 0.0604 e. The zero-order valence-electron chi connectivity index (χ0n) is 12.7. The van der Waals surface area contributed by atoms with Crippen molar-refractivity contribution in [2.75, 3.05) is 20.1 Å². The van der Waals surface area contributed by atoms with Crippen LogP contribution in [-0.2, 0) is 0 Å². The van der Waals surface area contributed by atoms with Crippen LogP contribution in [0, 0.1) is 0 Å². The molecule has 21 heavy (non-hydrogen) atoms. The molecule has 1 N–H and O–H groups in total. The van der Waals surface area contributed by atoms with Crippen LogP contribution < -0.4 is 5.32 Å². The topological polar surface area (TPSA) is 15.3 Å². The number of benzene rings is 2. The van der Waals surface area contributed by atoms with Gasteiger partial charge in [-0.3, -0.25) is 4.90 Å². The zero-order valence-corrected chi connectivity index (χ0v) is 12.7. The van der Waals surface area contributed by atoms with E-state index in [1.54, 1.807) is 0 Å². The van der Waals surface area contributed by atoms with E-state index in [1.807, 2.05) is 0 Å². The number of nitrogens with one attached hydrogen (secondary N) is 1. The highest BCUT2D eigenvalue weighted by Crippen LogP contribution is 2.34. The van der Waals surface area contributed by atoms with E-state index in [4.69, 9.17) is 0 Å². The summed E-state index contributed by atoms with van der Waals surface area (Å²) in [6, 6.07) is 22.8. The second-order valence-corrected chi connectivity index (χ2v) is 5.82. The Morgan fingerprint density at radius 1 is 1.00 bits per heavy atom. The Labute approximate surface area is 127 Å². The predicted molar refractivity (Wildman–Crippen MR) is 88.4 cm³/mol. The first kappa shape index (κ1) is 14.3. The summed E-state index contributed by atoms with van der Waals surface area (Å²) in [5.74, 6) is 0. The summed E-state index contributed by atoms with van der Waals surface area (Å²) in [4.78, 5) is 2.67. The van der Waals surface area contributed by atoms with Crippen LogP contribution in [0.5, 0.6) is 0 Å². The Morgan fingerprint density at radius 2 is 1.57 bits per heavy atom. The number of rotatable bonds is 5. The SMILES string of the molecule is CNCC1CCCN1C(c1ccccc1)c1ccccc1. The molecule has 1 saturated heterocycles. The van der Waals surface area contributed by atoms with E-state index < -0.39 is 0 Å². The molecular formula is C19H24N2. The number of likely N-dealkylation sites (tertiary alicyclic amines) is 1. The molecule has 1 aliphatic rings. The van der Waals surface area contributed by atoms with Gasteiger partial charge in [-0.05, 0) is 37.6 Å². The predicted octanol–water partition coefficient (Wildman–Crippen LogP) is 3.46. The molecule has 0 spiro atoms. The summed E-state index contributed by atoms with van der Waals surface area (Å²) in [6.45, 7) is 2.25. The lowest BCUT2D eigenvalue weighted by atomic mass is 9.96. The minimum atomic E-state index is 0.369. The first-order valence-electron chi connectivity index (χ1n) is 7.90. The molecule has 110 valence electrons. The van der Waals surface area contributed by atoms with Gasteiger partial charge in [0.25, 0.3) is 0 Å². The maximum atomic E-state index is 3.36. The minimum absolute atomic E-state index is 0.369. The van der Waals surface area contributed by atoms with E-state index >= 15 is 0 Å². The summed E-state index contributed by atoms with van der Waals surface area (Å²) in [7, 11) is 2.05. The van der Waals surface area contributed by atoms with Crippen LogP contribution in [0.3, 0.4) is 0 Å². The van der Waals surface area contributed by atoms with Crippen molar-refractivity contribution in [2.24, 2.45) is 0 Å². The Balaban J connectivity index is 1.97. The van der Waals surface area contributed by atoms with Crippen molar-refractivity contribution in [3.63, 3.8) is 0 Å². The first-order chi connectivity index (χ1) is 10.4. The van der Waals surface area contributed by atoms with Gasteiger partial charge in [-0.15, -0.1) is 0 Å². The van der Waals surface area contributed by atoms with Crippen LogP contribution in [0.2, 0.25) is 0 Å². The Kier molecular flexibility index (Phi) is 4.69. The van der Waals surface area contributed by atoms with E-state index in [0.29, 0.717) is 12.1 Å². The van der Waals surface area contributed by atoms with E-state index in [9.17, 15) is 0 Å². The fourth-order valence-electron chi connectivity index (χ4n) is 3.50. The van der Waals surface area contributed by atoms with E-state index in [-0.39, 0.29) is 0 Å². The van der Waals surface area contributed by atoms with Gasteiger partial charge in [-0.2, -0.15) is 0 Å². The van der Waals surface area contributed by atoms with Gasteiger partial charge in [0.2, 0.25) is 0 Å². The molecule has 0 aromatic heterocycles. The molecule has 1 atom stereocenters. The molecule has 0 aliphatic carbocycles.